The molecule has 108 valence electrons. The van der Waals surface area contributed by atoms with Gasteiger partial charge in [0.1, 0.15) is 5.75 Å². The molecule has 0 radical (unpaired) electrons. The average Bonchev–Trinajstić information content (AvgIpc) is 2.87. The van der Waals surface area contributed by atoms with Crippen molar-refractivity contribution in [2.45, 2.75) is 39.3 Å². The third-order valence-corrected chi connectivity index (χ3v) is 3.41. The maximum Gasteiger partial charge on any atom is 0.123 e. The van der Waals surface area contributed by atoms with Gasteiger partial charge in [0.2, 0.25) is 0 Å². The molecule has 1 heterocycles. The van der Waals surface area contributed by atoms with Crippen LogP contribution in [0.5, 0.6) is 5.75 Å². The third-order valence-electron chi connectivity index (χ3n) is 3.41. The van der Waals surface area contributed by atoms with E-state index in [0.717, 1.165) is 17.0 Å². The second-order valence-electron chi connectivity index (χ2n) is 5.44. The summed E-state index contributed by atoms with van der Waals surface area (Å²) in [5.41, 5.74) is 9.51. The van der Waals surface area contributed by atoms with Gasteiger partial charge in [-0.2, -0.15) is 5.10 Å². The van der Waals surface area contributed by atoms with Gasteiger partial charge in [0.15, 0.2) is 0 Å². The monoisotopic (exact) mass is 273 g/mol. The molecule has 0 spiro atoms. The minimum absolute atomic E-state index is 0.110. The van der Waals surface area contributed by atoms with Gasteiger partial charge >= 0.3 is 0 Å². The molecule has 0 aliphatic rings. The molecule has 2 N–H and O–H groups in total. The van der Waals surface area contributed by atoms with E-state index < -0.39 is 0 Å². The lowest BCUT2D eigenvalue weighted by atomic mass is 10.0. The molecule has 0 bridgehead atoms. The highest BCUT2D eigenvalue weighted by Gasteiger charge is 2.14. The highest BCUT2D eigenvalue weighted by Crippen LogP contribution is 2.27. The van der Waals surface area contributed by atoms with E-state index in [1.807, 2.05) is 36.0 Å². The van der Waals surface area contributed by atoms with Gasteiger partial charge in [0.05, 0.1) is 12.8 Å². The van der Waals surface area contributed by atoms with Gasteiger partial charge in [-0.3, -0.25) is 4.68 Å². The fraction of sp³-hybridized carbons (Fsp3) is 0.438. The van der Waals surface area contributed by atoms with Crippen LogP contribution in [0.25, 0.3) is 0 Å². The van der Waals surface area contributed by atoms with Crippen molar-refractivity contribution >= 4 is 0 Å². The third kappa shape index (κ3) is 3.20. The first-order valence-electron chi connectivity index (χ1n) is 6.95. The Bertz CT molecular complexity index is 575. The first kappa shape index (κ1) is 14.6. The van der Waals surface area contributed by atoms with Crippen LogP contribution >= 0.6 is 0 Å². The first-order chi connectivity index (χ1) is 9.51. The van der Waals surface area contributed by atoms with Gasteiger partial charge in [-0.1, -0.05) is 12.1 Å². The van der Waals surface area contributed by atoms with Crippen LogP contribution < -0.4 is 10.5 Å². The summed E-state index contributed by atoms with van der Waals surface area (Å²) in [6.45, 7) is 6.27. The second-order valence-corrected chi connectivity index (χ2v) is 5.44. The van der Waals surface area contributed by atoms with Gasteiger partial charge in [0, 0.05) is 30.3 Å². The summed E-state index contributed by atoms with van der Waals surface area (Å²) in [7, 11) is 1.68. The largest absolute Gasteiger partial charge is 0.496 e. The number of hydrogen-bond acceptors (Lipinski definition) is 3. The number of nitrogens with two attached hydrogens (primary N) is 1. The quantitative estimate of drug-likeness (QED) is 0.911. The van der Waals surface area contributed by atoms with E-state index in [4.69, 9.17) is 10.5 Å². The lowest BCUT2D eigenvalue weighted by Crippen LogP contribution is -2.15. The van der Waals surface area contributed by atoms with E-state index >= 15 is 0 Å². The maximum atomic E-state index is 6.31. The maximum absolute atomic E-state index is 6.31. The van der Waals surface area contributed by atoms with Crippen molar-refractivity contribution < 1.29 is 4.74 Å². The zero-order valence-electron chi connectivity index (χ0n) is 12.6. The summed E-state index contributed by atoms with van der Waals surface area (Å²) < 4.78 is 7.38. The number of ether oxygens (including phenoxy) is 1. The molecule has 0 aliphatic carbocycles. The molecule has 4 heteroatoms. The fourth-order valence-corrected chi connectivity index (χ4v) is 2.23. The molecule has 4 nitrogen and oxygen atoms in total. The van der Waals surface area contributed by atoms with Gasteiger partial charge in [0.25, 0.3) is 0 Å². The molecule has 1 aromatic carbocycles. The summed E-state index contributed by atoms with van der Waals surface area (Å²) in [6, 6.07) is 8.40. The predicted molar refractivity (Wildman–Crippen MR) is 81.0 cm³/mol. The first-order valence-corrected chi connectivity index (χ1v) is 6.95. The molecule has 2 rings (SSSR count). The molecule has 0 saturated carbocycles. The van der Waals surface area contributed by atoms with Crippen LogP contribution in [0.3, 0.4) is 0 Å². The summed E-state index contributed by atoms with van der Waals surface area (Å²) in [5.74, 6) is 0.848. The molecule has 2 aromatic rings. The Morgan fingerprint density at radius 2 is 2.05 bits per heavy atom. The Morgan fingerprint density at radius 3 is 2.65 bits per heavy atom. The van der Waals surface area contributed by atoms with Crippen LogP contribution in [0.4, 0.5) is 0 Å². The van der Waals surface area contributed by atoms with Crippen molar-refractivity contribution in [1.29, 1.82) is 0 Å². The SMILES string of the molecule is COc1cc(C)ccc1C(N)Cc1ccn(C(C)C)n1. The van der Waals surface area contributed by atoms with E-state index in [1.165, 1.54) is 5.56 Å². The number of hydrogen-bond donors (Lipinski definition) is 1. The molecule has 1 unspecified atom stereocenters. The topological polar surface area (TPSA) is 53.1 Å². The Kier molecular flexibility index (Phi) is 4.45. The average molecular weight is 273 g/mol. The smallest absolute Gasteiger partial charge is 0.123 e. The zero-order valence-corrected chi connectivity index (χ0v) is 12.6. The number of methoxy groups -OCH3 is 1. The molecule has 1 aromatic heterocycles. The van der Waals surface area contributed by atoms with Crippen molar-refractivity contribution in [1.82, 2.24) is 9.78 Å². The van der Waals surface area contributed by atoms with E-state index in [1.54, 1.807) is 7.11 Å². The van der Waals surface area contributed by atoms with E-state index in [-0.39, 0.29) is 6.04 Å². The molecule has 0 aliphatic heterocycles. The minimum Gasteiger partial charge on any atom is -0.496 e. The van der Waals surface area contributed by atoms with Crippen molar-refractivity contribution in [3.05, 3.63) is 47.3 Å². The highest BCUT2D eigenvalue weighted by atomic mass is 16.5. The van der Waals surface area contributed by atoms with Crippen LogP contribution in [0.1, 0.15) is 42.8 Å². The minimum atomic E-state index is -0.110. The normalized spacial score (nSPS) is 12.7. The molecule has 0 amide bonds. The number of benzene rings is 1. The molecule has 0 fully saturated rings. The summed E-state index contributed by atoms with van der Waals surface area (Å²) >= 11 is 0. The van der Waals surface area contributed by atoms with Crippen molar-refractivity contribution in [2.75, 3.05) is 7.11 Å². The molecule has 20 heavy (non-hydrogen) atoms. The second kappa shape index (κ2) is 6.09. The highest BCUT2D eigenvalue weighted by molar-refractivity contribution is 5.39. The van der Waals surface area contributed by atoms with Crippen LogP contribution in [0, 0.1) is 6.92 Å². The predicted octanol–water partition coefficient (Wildman–Crippen LogP) is 3.02. The van der Waals surface area contributed by atoms with Gasteiger partial charge in [-0.25, -0.2) is 0 Å². The molecular formula is C16H23N3O. The van der Waals surface area contributed by atoms with Crippen LogP contribution in [-0.2, 0) is 6.42 Å². The van der Waals surface area contributed by atoms with E-state index in [2.05, 4.69) is 25.0 Å². The molecule has 0 saturated heterocycles. The standard InChI is InChI=1S/C16H23N3O/c1-11(2)19-8-7-13(18-19)10-15(17)14-6-5-12(3)9-16(14)20-4/h5-9,11,15H,10,17H2,1-4H3. The van der Waals surface area contributed by atoms with Crippen LogP contribution in [0.15, 0.2) is 30.5 Å². The number of aromatic nitrogens is 2. The fourth-order valence-electron chi connectivity index (χ4n) is 2.23. The van der Waals surface area contributed by atoms with Crippen molar-refractivity contribution in [3.8, 4) is 5.75 Å². The lowest BCUT2D eigenvalue weighted by molar-refractivity contribution is 0.405. The molecule has 1 atom stereocenters. The zero-order chi connectivity index (χ0) is 14.7. The van der Waals surface area contributed by atoms with Gasteiger partial charge in [-0.15, -0.1) is 0 Å². The summed E-state index contributed by atoms with van der Waals surface area (Å²) in [5, 5.41) is 4.54. The summed E-state index contributed by atoms with van der Waals surface area (Å²) in [6.07, 6.45) is 2.71. The van der Waals surface area contributed by atoms with Gasteiger partial charge in [-0.05, 0) is 38.5 Å². The van der Waals surface area contributed by atoms with Crippen molar-refractivity contribution in [3.63, 3.8) is 0 Å². The van der Waals surface area contributed by atoms with Crippen LogP contribution in [0.2, 0.25) is 0 Å². The van der Waals surface area contributed by atoms with Crippen LogP contribution in [-0.4, -0.2) is 16.9 Å². The number of rotatable bonds is 5. The Balaban J connectivity index is 2.16. The summed E-state index contributed by atoms with van der Waals surface area (Å²) in [4.78, 5) is 0. The number of nitrogens with zero attached hydrogens (tertiary/aromatic N) is 2. The Hall–Kier alpha value is -1.81. The number of aryl methyl sites for hydroxylation is 1. The Morgan fingerprint density at radius 1 is 1.30 bits per heavy atom. The van der Waals surface area contributed by atoms with E-state index in [9.17, 15) is 0 Å². The van der Waals surface area contributed by atoms with Gasteiger partial charge < -0.3 is 10.5 Å². The lowest BCUT2D eigenvalue weighted by Gasteiger charge is -2.15. The van der Waals surface area contributed by atoms with E-state index in [0.29, 0.717) is 12.5 Å². The Labute approximate surface area is 120 Å². The molecular weight excluding hydrogens is 250 g/mol. The van der Waals surface area contributed by atoms with Crippen molar-refractivity contribution in [2.24, 2.45) is 5.73 Å².